The minimum absolute atomic E-state index is 0.0113. The van der Waals surface area contributed by atoms with Gasteiger partial charge in [-0.3, -0.25) is 4.79 Å². The highest BCUT2D eigenvalue weighted by molar-refractivity contribution is 7.88. The number of nitrogens with zero attached hydrogens (tertiary/aromatic N) is 1. The van der Waals surface area contributed by atoms with E-state index in [1.54, 1.807) is 0 Å². The number of hydrogen-bond acceptors (Lipinski definition) is 4. The summed E-state index contributed by atoms with van der Waals surface area (Å²) in [5, 5.41) is 6.03. The normalized spacial score (nSPS) is 19.1. The smallest absolute Gasteiger partial charge is 0.224 e. The van der Waals surface area contributed by atoms with Crippen LogP contribution in [0.5, 0.6) is 0 Å². The lowest BCUT2D eigenvalue weighted by molar-refractivity contribution is -0.126. The molecule has 1 aromatic carbocycles. The molecule has 6 nitrogen and oxygen atoms in total. The fraction of sp³-hybridized carbons (Fsp3) is 0.588. The van der Waals surface area contributed by atoms with Crippen molar-refractivity contribution in [3.05, 3.63) is 35.9 Å². The maximum atomic E-state index is 12.6. The molecule has 1 aromatic rings. The molecule has 1 heterocycles. The van der Waals surface area contributed by atoms with Crippen molar-refractivity contribution in [3.63, 3.8) is 0 Å². The average Bonchev–Trinajstić information content (AvgIpc) is 2.59. The second-order valence-corrected chi connectivity index (χ2v) is 8.05. The van der Waals surface area contributed by atoms with E-state index in [1.165, 1.54) is 4.31 Å². The van der Waals surface area contributed by atoms with Crippen molar-refractivity contribution in [2.24, 2.45) is 5.92 Å². The van der Waals surface area contributed by atoms with Crippen LogP contribution in [0.25, 0.3) is 0 Å². The number of sulfonamides is 1. The van der Waals surface area contributed by atoms with E-state index in [0.717, 1.165) is 31.5 Å². The first-order valence-corrected chi connectivity index (χ1v) is 10.1. The second-order valence-electron chi connectivity index (χ2n) is 6.08. The molecule has 2 rings (SSSR count). The zero-order valence-electron chi connectivity index (χ0n) is 14.2. The summed E-state index contributed by atoms with van der Waals surface area (Å²) in [6, 6.07) is 9.16. The second kappa shape index (κ2) is 9.15. The quantitative estimate of drug-likeness (QED) is 0.682. The van der Waals surface area contributed by atoms with Gasteiger partial charge in [-0.15, -0.1) is 0 Å². The Bertz CT molecular complexity index is 619. The topological polar surface area (TPSA) is 78.5 Å². The van der Waals surface area contributed by atoms with Crippen molar-refractivity contribution >= 4 is 15.9 Å². The zero-order valence-corrected chi connectivity index (χ0v) is 15.0. The van der Waals surface area contributed by atoms with Crippen LogP contribution >= 0.6 is 0 Å². The number of rotatable bonds is 8. The molecular weight excluding hydrogens is 326 g/mol. The minimum Gasteiger partial charge on any atom is -0.355 e. The van der Waals surface area contributed by atoms with Crippen LogP contribution in [-0.2, 0) is 20.6 Å². The van der Waals surface area contributed by atoms with E-state index in [4.69, 9.17) is 0 Å². The Morgan fingerprint density at radius 1 is 1.25 bits per heavy atom. The minimum atomic E-state index is -3.39. The Kier molecular flexibility index (Phi) is 7.20. The zero-order chi connectivity index (χ0) is 17.4. The molecule has 0 bridgehead atoms. The van der Waals surface area contributed by atoms with Crippen LogP contribution < -0.4 is 10.6 Å². The molecule has 7 heteroatoms. The maximum absolute atomic E-state index is 12.6. The third-order valence-electron chi connectivity index (χ3n) is 4.19. The van der Waals surface area contributed by atoms with Crippen LogP contribution in [0.4, 0.5) is 0 Å². The summed E-state index contributed by atoms with van der Waals surface area (Å²) in [5.74, 6) is -0.318. The third kappa shape index (κ3) is 5.58. The van der Waals surface area contributed by atoms with E-state index < -0.39 is 10.0 Å². The molecule has 0 spiro atoms. The van der Waals surface area contributed by atoms with Crippen molar-refractivity contribution < 1.29 is 13.2 Å². The molecular formula is C17H27N3O3S. The van der Waals surface area contributed by atoms with Crippen LogP contribution in [-0.4, -0.2) is 51.4 Å². The molecule has 24 heavy (non-hydrogen) atoms. The van der Waals surface area contributed by atoms with Gasteiger partial charge < -0.3 is 10.6 Å². The Morgan fingerprint density at radius 2 is 2.00 bits per heavy atom. The number of nitrogens with one attached hydrogen (secondary N) is 2. The summed E-state index contributed by atoms with van der Waals surface area (Å²) < 4.78 is 26.7. The number of carbonyl (C=O) groups is 1. The highest BCUT2D eigenvalue weighted by Crippen LogP contribution is 2.21. The molecule has 0 saturated carbocycles. The van der Waals surface area contributed by atoms with Crippen LogP contribution in [0.1, 0.15) is 25.3 Å². The van der Waals surface area contributed by atoms with E-state index in [2.05, 4.69) is 10.6 Å². The van der Waals surface area contributed by atoms with Gasteiger partial charge in [-0.05, 0) is 24.9 Å². The molecule has 2 N–H and O–H groups in total. The van der Waals surface area contributed by atoms with Gasteiger partial charge in [-0.25, -0.2) is 12.7 Å². The van der Waals surface area contributed by atoms with Crippen molar-refractivity contribution in [2.45, 2.75) is 25.5 Å². The monoisotopic (exact) mass is 353 g/mol. The van der Waals surface area contributed by atoms with Gasteiger partial charge in [-0.1, -0.05) is 37.3 Å². The van der Waals surface area contributed by atoms with Gasteiger partial charge in [0, 0.05) is 26.2 Å². The fourth-order valence-corrected chi connectivity index (χ4v) is 4.49. The Labute approximate surface area is 144 Å². The van der Waals surface area contributed by atoms with E-state index >= 15 is 0 Å². The highest BCUT2D eigenvalue weighted by Gasteiger charge is 2.32. The number of hydrogen-bond donors (Lipinski definition) is 2. The molecule has 1 unspecified atom stereocenters. The molecule has 0 aromatic heterocycles. The molecule has 1 amide bonds. The summed E-state index contributed by atoms with van der Waals surface area (Å²) in [5.41, 5.74) is 0.773. The lowest BCUT2D eigenvalue weighted by atomic mass is 9.99. The first-order valence-electron chi connectivity index (χ1n) is 8.53. The summed E-state index contributed by atoms with van der Waals surface area (Å²) in [6.45, 7) is 4.95. The van der Waals surface area contributed by atoms with Gasteiger partial charge in [0.25, 0.3) is 0 Å². The number of piperidine rings is 1. The first-order chi connectivity index (χ1) is 11.5. The van der Waals surface area contributed by atoms with E-state index in [9.17, 15) is 13.2 Å². The largest absolute Gasteiger partial charge is 0.355 e. The summed E-state index contributed by atoms with van der Waals surface area (Å²) in [7, 11) is -3.39. The van der Waals surface area contributed by atoms with Crippen molar-refractivity contribution in [1.29, 1.82) is 0 Å². The summed E-state index contributed by atoms with van der Waals surface area (Å²) in [6.07, 6.45) is 1.46. The van der Waals surface area contributed by atoms with Gasteiger partial charge in [0.05, 0.1) is 11.7 Å². The molecule has 1 aliphatic rings. The summed E-state index contributed by atoms with van der Waals surface area (Å²) >= 11 is 0. The highest BCUT2D eigenvalue weighted by atomic mass is 32.2. The SMILES string of the molecule is CCNCCNC(=O)C1CCCN(S(=O)(=O)Cc2ccccc2)C1. The maximum Gasteiger partial charge on any atom is 0.224 e. The van der Waals surface area contributed by atoms with Gasteiger partial charge in [-0.2, -0.15) is 0 Å². The molecule has 134 valence electrons. The van der Waals surface area contributed by atoms with Gasteiger partial charge >= 0.3 is 0 Å². The Hall–Kier alpha value is -1.44. The predicted molar refractivity (Wildman–Crippen MR) is 94.9 cm³/mol. The molecule has 0 radical (unpaired) electrons. The molecule has 1 saturated heterocycles. The molecule has 1 atom stereocenters. The molecule has 1 aliphatic heterocycles. The molecule has 0 aliphatic carbocycles. The average molecular weight is 353 g/mol. The summed E-state index contributed by atoms with van der Waals surface area (Å²) in [4.78, 5) is 12.2. The number of benzene rings is 1. The Balaban J connectivity index is 1.90. The van der Waals surface area contributed by atoms with Crippen LogP contribution in [0.3, 0.4) is 0 Å². The number of likely N-dealkylation sites (N-methyl/N-ethyl adjacent to an activating group) is 1. The lowest BCUT2D eigenvalue weighted by Gasteiger charge is -2.31. The van der Waals surface area contributed by atoms with Gasteiger partial charge in [0.1, 0.15) is 0 Å². The standard InChI is InChI=1S/C17H27N3O3S/c1-2-18-10-11-19-17(21)16-9-6-12-20(13-16)24(22,23)14-15-7-4-3-5-8-15/h3-5,7-8,16,18H,2,6,9-14H2,1H3,(H,19,21). The van der Waals surface area contributed by atoms with Crippen LogP contribution in [0.15, 0.2) is 30.3 Å². The van der Waals surface area contributed by atoms with Gasteiger partial charge in [0.15, 0.2) is 0 Å². The third-order valence-corrected chi connectivity index (χ3v) is 6.01. The number of carbonyl (C=O) groups excluding carboxylic acids is 1. The first kappa shape index (κ1) is 18.9. The lowest BCUT2D eigenvalue weighted by Crippen LogP contribution is -2.46. The van der Waals surface area contributed by atoms with Crippen molar-refractivity contribution in [3.8, 4) is 0 Å². The van der Waals surface area contributed by atoms with Gasteiger partial charge in [0.2, 0.25) is 15.9 Å². The van der Waals surface area contributed by atoms with E-state index in [-0.39, 0.29) is 24.1 Å². The van der Waals surface area contributed by atoms with Crippen molar-refractivity contribution in [1.82, 2.24) is 14.9 Å². The van der Waals surface area contributed by atoms with Crippen LogP contribution in [0.2, 0.25) is 0 Å². The fourth-order valence-electron chi connectivity index (χ4n) is 2.88. The number of amides is 1. The molecule has 1 fully saturated rings. The van der Waals surface area contributed by atoms with E-state index in [0.29, 0.717) is 13.1 Å². The Morgan fingerprint density at radius 3 is 2.71 bits per heavy atom. The van der Waals surface area contributed by atoms with Crippen LogP contribution in [0, 0.1) is 5.92 Å². The van der Waals surface area contributed by atoms with E-state index in [1.807, 2.05) is 37.3 Å². The van der Waals surface area contributed by atoms with Crippen molar-refractivity contribution in [2.75, 3.05) is 32.7 Å². The predicted octanol–water partition coefficient (Wildman–Crippen LogP) is 0.954.